The lowest BCUT2D eigenvalue weighted by Crippen LogP contribution is -2.17. The Labute approximate surface area is 255 Å². The zero-order valence-corrected chi connectivity index (χ0v) is 26.9. The molecule has 0 radical (unpaired) electrons. The van der Waals surface area contributed by atoms with Gasteiger partial charge in [0.2, 0.25) is 0 Å². The third-order valence-corrected chi connectivity index (χ3v) is 6.08. The third kappa shape index (κ3) is 37.1. The summed E-state index contributed by atoms with van der Waals surface area (Å²) in [7, 11) is 1.90. The van der Waals surface area contributed by atoms with Gasteiger partial charge in [-0.15, -0.1) is 0 Å². The Morgan fingerprint density at radius 2 is 0.738 bits per heavy atom. The lowest BCUT2D eigenvalue weighted by atomic mass is 10.1. The number of unbranched alkanes of at least 4 members (excludes halogenated alkanes) is 8. The van der Waals surface area contributed by atoms with Gasteiger partial charge in [-0.2, -0.15) is 0 Å². The predicted molar refractivity (Wildman–Crippen MR) is 163 cm³/mol. The van der Waals surface area contributed by atoms with Crippen molar-refractivity contribution in [2.24, 2.45) is 0 Å². The highest BCUT2D eigenvalue weighted by atomic mass is 16.6. The van der Waals surface area contributed by atoms with E-state index < -0.39 is 0 Å². The smallest absolute Gasteiger partial charge is 0.305 e. The number of carbonyl (C=O) groups excluding carboxylic acids is 1. The molecular weight excluding hydrogens is 546 g/mol. The van der Waals surface area contributed by atoms with E-state index in [0.29, 0.717) is 119 Å². The second-order valence-electron chi connectivity index (χ2n) is 9.80. The summed E-state index contributed by atoms with van der Waals surface area (Å²) in [5.41, 5.74) is 0. The Kier molecular flexibility index (Phi) is 37.3. The summed E-state index contributed by atoms with van der Waals surface area (Å²) in [5, 5.41) is 3.02. The molecule has 0 rings (SSSR count). The van der Waals surface area contributed by atoms with Crippen LogP contribution in [0.1, 0.15) is 71.1 Å². The summed E-state index contributed by atoms with van der Waals surface area (Å²) < 4.78 is 48.7. The molecule has 0 aromatic heterocycles. The lowest BCUT2D eigenvalue weighted by molar-refractivity contribution is -0.145. The number of hydrogen-bond donors (Lipinski definition) is 1. The first-order chi connectivity index (χ1) is 20.8. The fourth-order valence-electron chi connectivity index (χ4n) is 3.68. The van der Waals surface area contributed by atoms with Crippen LogP contribution in [-0.2, 0) is 47.4 Å². The largest absolute Gasteiger partial charge is 0.463 e. The van der Waals surface area contributed by atoms with Crippen LogP contribution in [0.3, 0.4) is 0 Å². The normalized spacial score (nSPS) is 11.4. The fraction of sp³-hybridized carbons (Fsp3) is 0.968. The van der Waals surface area contributed by atoms with Gasteiger partial charge in [0.15, 0.2) is 0 Å². The van der Waals surface area contributed by atoms with Gasteiger partial charge in [-0.25, -0.2) is 0 Å². The molecule has 11 heteroatoms. The molecule has 0 aliphatic rings. The van der Waals surface area contributed by atoms with Gasteiger partial charge in [0.1, 0.15) is 6.61 Å². The zero-order chi connectivity index (χ0) is 30.4. The molecule has 0 aliphatic carbocycles. The van der Waals surface area contributed by atoms with E-state index in [0.717, 1.165) is 19.4 Å². The van der Waals surface area contributed by atoms with E-state index in [9.17, 15) is 4.79 Å². The minimum absolute atomic E-state index is 0.132. The molecule has 0 unspecified atom stereocenters. The van der Waals surface area contributed by atoms with Gasteiger partial charge in [0.05, 0.1) is 106 Å². The molecule has 0 aliphatic heterocycles. The highest BCUT2D eigenvalue weighted by Crippen LogP contribution is 2.10. The summed E-state index contributed by atoms with van der Waals surface area (Å²) >= 11 is 0. The van der Waals surface area contributed by atoms with Crippen LogP contribution in [0.15, 0.2) is 0 Å². The summed E-state index contributed by atoms with van der Waals surface area (Å²) in [6.07, 6.45) is 11.6. The Balaban J connectivity index is 3.11. The van der Waals surface area contributed by atoms with Crippen molar-refractivity contribution in [3.8, 4) is 0 Å². The lowest BCUT2D eigenvalue weighted by Gasteiger charge is -2.09. The Morgan fingerprint density at radius 3 is 1.10 bits per heavy atom. The molecule has 42 heavy (non-hydrogen) atoms. The molecule has 11 nitrogen and oxygen atoms in total. The quantitative estimate of drug-likeness (QED) is 0.0820. The first kappa shape index (κ1) is 41.1. The van der Waals surface area contributed by atoms with E-state index in [1.54, 1.807) is 0 Å². The molecule has 0 spiro atoms. The number of ether oxygens (including phenoxy) is 9. The van der Waals surface area contributed by atoms with Crippen molar-refractivity contribution < 1.29 is 47.4 Å². The average molecular weight is 610 g/mol. The number of hydrogen-bond acceptors (Lipinski definition) is 11. The molecule has 252 valence electrons. The maximum absolute atomic E-state index is 11.7. The molecule has 0 bridgehead atoms. The van der Waals surface area contributed by atoms with E-state index in [4.69, 9.17) is 42.6 Å². The molecule has 0 amide bonds. The number of rotatable bonds is 37. The van der Waals surface area contributed by atoms with Crippen molar-refractivity contribution in [1.29, 1.82) is 0 Å². The average Bonchev–Trinajstić information content (AvgIpc) is 3.00. The van der Waals surface area contributed by atoms with Crippen molar-refractivity contribution >= 4 is 5.97 Å². The van der Waals surface area contributed by atoms with Crippen molar-refractivity contribution in [2.75, 3.05) is 126 Å². The van der Waals surface area contributed by atoms with Crippen LogP contribution in [-0.4, -0.2) is 132 Å². The summed E-state index contributed by atoms with van der Waals surface area (Å²) in [6.45, 7) is 11.8. The van der Waals surface area contributed by atoms with Crippen LogP contribution >= 0.6 is 0 Å². The maximum Gasteiger partial charge on any atom is 0.305 e. The topological polar surface area (TPSA) is 112 Å². The molecule has 0 aromatic carbocycles. The van der Waals surface area contributed by atoms with E-state index in [1.807, 2.05) is 7.05 Å². The van der Waals surface area contributed by atoms with Crippen LogP contribution in [0.4, 0.5) is 0 Å². The first-order valence-corrected chi connectivity index (χ1v) is 16.2. The van der Waals surface area contributed by atoms with E-state index in [-0.39, 0.29) is 5.97 Å². The molecule has 0 saturated heterocycles. The van der Waals surface area contributed by atoms with E-state index in [2.05, 4.69) is 12.2 Å². The molecule has 0 heterocycles. The maximum atomic E-state index is 11.7. The summed E-state index contributed by atoms with van der Waals surface area (Å²) in [4.78, 5) is 11.7. The standard InChI is InChI=1S/C31H63NO10/c1-3-4-5-6-7-8-9-10-11-12-31(33)42-30-29-41-28-27-40-26-25-39-24-23-38-22-21-37-20-19-36-18-17-35-16-15-34-14-13-32-2/h32H,3-30H2,1-2H3. The Hall–Kier alpha value is -0.890. The van der Waals surface area contributed by atoms with Crippen molar-refractivity contribution in [3.05, 3.63) is 0 Å². The van der Waals surface area contributed by atoms with Gasteiger partial charge in [0, 0.05) is 13.0 Å². The van der Waals surface area contributed by atoms with Gasteiger partial charge >= 0.3 is 5.97 Å². The van der Waals surface area contributed by atoms with Gasteiger partial charge in [-0.05, 0) is 13.5 Å². The van der Waals surface area contributed by atoms with Gasteiger partial charge in [0.25, 0.3) is 0 Å². The monoisotopic (exact) mass is 609 g/mol. The van der Waals surface area contributed by atoms with Crippen molar-refractivity contribution in [2.45, 2.75) is 71.1 Å². The van der Waals surface area contributed by atoms with Gasteiger partial charge in [-0.1, -0.05) is 58.3 Å². The van der Waals surface area contributed by atoms with Crippen molar-refractivity contribution in [1.82, 2.24) is 5.32 Å². The van der Waals surface area contributed by atoms with Crippen LogP contribution in [0, 0.1) is 0 Å². The minimum Gasteiger partial charge on any atom is -0.463 e. The number of carbonyl (C=O) groups is 1. The molecule has 0 aromatic rings. The Bertz CT molecular complexity index is 516. The Morgan fingerprint density at radius 1 is 0.429 bits per heavy atom. The minimum atomic E-state index is -0.132. The number of likely N-dealkylation sites (N-methyl/N-ethyl adjacent to an activating group) is 1. The van der Waals surface area contributed by atoms with Crippen LogP contribution in [0.25, 0.3) is 0 Å². The van der Waals surface area contributed by atoms with Gasteiger partial charge in [-0.3, -0.25) is 4.79 Å². The molecular formula is C31H63NO10. The molecule has 0 saturated carbocycles. The number of nitrogens with one attached hydrogen (secondary N) is 1. The highest BCUT2D eigenvalue weighted by molar-refractivity contribution is 5.69. The van der Waals surface area contributed by atoms with Crippen LogP contribution in [0.5, 0.6) is 0 Å². The van der Waals surface area contributed by atoms with Crippen LogP contribution < -0.4 is 5.32 Å². The molecule has 0 fully saturated rings. The summed E-state index contributed by atoms with van der Waals surface area (Å²) in [5.74, 6) is -0.132. The first-order valence-electron chi connectivity index (χ1n) is 16.2. The zero-order valence-electron chi connectivity index (χ0n) is 26.9. The number of esters is 1. The van der Waals surface area contributed by atoms with Crippen molar-refractivity contribution in [3.63, 3.8) is 0 Å². The van der Waals surface area contributed by atoms with Crippen LogP contribution in [0.2, 0.25) is 0 Å². The molecule has 0 atom stereocenters. The second-order valence-corrected chi connectivity index (χ2v) is 9.80. The third-order valence-electron chi connectivity index (χ3n) is 6.08. The van der Waals surface area contributed by atoms with E-state index in [1.165, 1.54) is 44.9 Å². The molecule has 1 N–H and O–H groups in total. The summed E-state index contributed by atoms with van der Waals surface area (Å²) in [6, 6.07) is 0. The highest BCUT2D eigenvalue weighted by Gasteiger charge is 2.03. The fourth-order valence-corrected chi connectivity index (χ4v) is 3.68. The predicted octanol–water partition coefficient (Wildman–Crippen LogP) is 3.80. The van der Waals surface area contributed by atoms with Gasteiger partial charge < -0.3 is 47.9 Å². The SMILES string of the molecule is CCCCCCCCCCCC(=O)OCCOCCOCCOCCOCCOCCOCCOCCOCCNC. The van der Waals surface area contributed by atoms with E-state index >= 15 is 0 Å². The second kappa shape index (κ2) is 38.1.